The molecule has 33 heavy (non-hydrogen) atoms. The molecule has 0 fully saturated rings. The molecular weight excluding hydrogens is 408 g/mol. The molecule has 1 aliphatic heterocycles. The van der Waals surface area contributed by atoms with Gasteiger partial charge in [0.2, 0.25) is 0 Å². The van der Waals surface area contributed by atoms with Crippen molar-refractivity contribution in [2.24, 2.45) is 5.92 Å². The number of nitrogens with zero attached hydrogens (tertiary/aromatic N) is 3. The van der Waals surface area contributed by atoms with Gasteiger partial charge >= 0.3 is 0 Å². The Balaban J connectivity index is 1.61. The molecule has 1 N–H and O–H groups in total. The molecule has 172 valence electrons. The highest BCUT2D eigenvalue weighted by molar-refractivity contribution is 5.59. The zero-order chi connectivity index (χ0) is 23.2. The summed E-state index contributed by atoms with van der Waals surface area (Å²) in [6, 6.07) is 25.2. The Morgan fingerprint density at radius 1 is 1.00 bits per heavy atom. The van der Waals surface area contributed by atoms with Crippen LogP contribution in [0, 0.1) is 5.92 Å². The fraction of sp³-hybridized carbons (Fsp3) is 0.321. The lowest BCUT2D eigenvalue weighted by Crippen LogP contribution is -2.59. The molecule has 0 saturated carbocycles. The number of hydrogen-bond acceptors (Lipinski definition) is 5. The van der Waals surface area contributed by atoms with Gasteiger partial charge in [0, 0.05) is 43.7 Å². The molecule has 5 nitrogen and oxygen atoms in total. The maximum absolute atomic E-state index is 5.60. The molecule has 1 atom stereocenters. The summed E-state index contributed by atoms with van der Waals surface area (Å²) in [5, 5.41) is 3.75. The zero-order valence-electron chi connectivity index (χ0n) is 20.0. The van der Waals surface area contributed by atoms with Crippen LogP contribution in [0.25, 0.3) is 11.3 Å². The first-order chi connectivity index (χ1) is 16.1. The molecule has 3 aromatic rings. The fourth-order valence-electron chi connectivity index (χ4n) is 4.29. The Morgan fingerprint density at radius 3 is 2.36 bits per heavy atom. The highest BCUT2D eigenvalue weighted by atomic mass is 16.5. The van der Waals surface area contributed by atoms with Gasteiger partial charge in [-0.2, -0.15) is 0 Å². The van der Waals surface area contributed by atoms with Crippen LogP contribution >= 0.6 is 0 Å². The van der Waals surface area contributed by atoms with Gasteiger partial charge in [-0.15, -0.1) is 0 Å². The van der Waals surface area contributed by atoms with E-state index in [0.717, 1.165) is 24.3 Å². The van der Waals surface area contributed by atoms with Crippen molar-refractivity contribution in [2.45, 2.75) is 26.6 Å². The molecule has 1 aromatic heterocycles. The number of hydrogen-bond donors (Lipinski definition) is 1. The molecule has 0 saturated heterocycles. The number of methoxy groups -OCH3 is 1. The number of para-hydroxylation sites is 1. The lowest BCUT2D eigenvalue weighted by Gasteiger charge is -2.50. The number of anilines is 1. The van der Waals surface area contributed by atoms with Crippen molar-refractivity contribution in [3.63, 3.8) is 0 Å². The van der Waals surface area contributed by atoms with Crippen LogP contribution in [-0.2, 0) is 11.3 Å². The van der Waals surface area contributed by atoms with Crippen LogP contribution in [0.15, 0.2) is 90.4 Å². The van der Waals surface area contributed by atoms with Gasteiger partial charge in [0.05, 0.1) is 12.3 Å². The van der Waals surface area contributed by atoms with Crippen LogP contribution in [0.5, 0.6) is 0 Å². The third kappa shape index (κ3) is 5.27. The van der Waals surface area contributed by atoms with Crippen LogP contribution < -0.4 is 10.2 Å². The van der Waals surface area contributed by atoms with E-state index < -0.39 is 0 Å². The average Bonchev–Trinajstić information content (AvgIpc) is 2.84. The Hall–Kier alpha value is -3.15. The van der Waals surface area contributed by atoms with E-state index in [1.54, 1.807) is 7.11 Å². The van der Waals surface area contributed by atoms with Crippen LogP contribution in [0.4, 0.5) is 5.69 Å². The van der Waals surface area contributed by atoms with Crippen molar-refractivity contribution in [1.82, 2.24) is 15.2 Å². The van der Waals surface area contributed by atoms with Gasteiger partial charge in [0.15, 0.2) is 0 Å². The van der Waals surface area contributed by atoms with E-state index in [2.05, 4.69) is 95.6 Å². The summed E-state index contributed by atoms with van der Waals surface area (Å²) in [6.45, 7) is 6.86. The molecule has 2 aromatic carbocycles. The third-order valence-electron chi connectivity index (χ3n) is 5.95. The summed E-state index contributed by atoms with van der Waals surface area (Å²) in [5.74, 6) is 1.78. The van der Waals surface area contributed by atoms with E-state index in [-0.39, 0.29) is 6.17 Å². The summed E-state index contributed by atoms with van der Waals surface area (Å²) < 4.78 is 5.60. The smallest absolute Gasteiger partial charge is 0.115 e. The Morgan fingerprint density at radius 2 is 1.73 bits per heavy atom. The van der Waals surface area contributed by atoms with E-state index in [9.17, 15) is 0 Å². The molecule has 5 heteroatoms. The minimum absolute atomic E-state index is 0.156. The van der Waals surface area contributed by atoms with Crippen molar-refractivity contribution in [1.29, 1.82) is 0 Å². The first kappa shape index (κ1) is 23.0. The molecule has 1 aliphatic rings. The van der Waals surface area contributed by atoms with Crippen molar-refractivity contribution < 1.29 is 4.74 Å². The van der Waals surface area contributed by atoms with Crippen molar-refractivity contribution in [3.8, 4) is 11.3 Å². The maximum Gasteiger partial charge on any atom is 0.115 e. The minimum atomic E-state index is 0.156. The predicted molar refractivity (Wildman–Crippen MR) is 136 cm³/mol. The third-order valence-corrected chi connectivity index (χ3v) is 5.95. The highest BCUT2D eigenvalue weighted by Crippen LogP contribution is 2.36. The number of aromatic nitrogens is 1. The van der Waals surface area contributed by atoms with E-state index in [4.69, 9.17) is 4.74 Å². The van der Waals surface area contributed by atoms with Crippen LogP contribution in [0.3, 0.4) is 0 Å². The SMILES string of the molecule is COCC1=C(N(C)c2ccccc2)N(Cc2ccc(-c3ccccn3)cc2)C1NCC(C)C. The molecule has 0 radical (unpaired) electrons. The standard InChI is InChI=1S/C28H34N4O/c1-21(2)18-30-27-25(20-33-4)28(31(3)24-10-6-5-7-11-24)32(27)19-22-13-15-23(16-14-22)26-12-8-9-17-29-26/h5-17,21,27,30H,18-20H2,1-4H3. The van der Waals surface area contributed by atoms with Gasteiger partial charge in [-0.1, -0.05) is 62.4 Å². The Labute approximate surface area is 197 Å². The second-order valence-electron chi connectivity index (χ2n) is 8.92. The largest absolute Gasteiger partial charge is 0.380 e. The number of benzene rings is 2. The van der Waals surface area contributed by atoms with Gasteiger partial charge in [-0.25, -0.2) is 0 Å². The van der Waals surface area contributed by atoms with Crippen LogP contribution in [0.1, 0.15) is 19.4 Å². The molecule has 2 heterocycles. The molecule has 0 aliphatic carbocycles. The summed E-state index contributed by atoms with van der Waals surface area (Å²) in [4.78, 5) is 9.18. The predicted octanol–water partition coefficient (Wildman–Crippen LogP) is 5.13. The van der Waals surface area contributed by atoms with Crippen LogP contribution in [-0.4, -0.2) is 43.4 Å². The average molecular weight is 443 g/mol. The molecule has 0 bridgehead atoms. The first-order valence-electron chi connectivity index (χ1n) is 11.6. The normalized spacial score (nSPS) is 15.7. The monoisotopic (exact) mass is 442 g/mol. The number of ether oxygens (including phenoxy) is 1. The van der Waals surface area contributed by atoms with Crippen LogP contribution in [0.2, 0.25) is 0 Å². The molecule has 4 rings (SSSR count). The summed E-state index contributed by atoms with van der Waals surface area (Å²) in [5.41, 5.74) is 5.85. The number of pyridine rings is 1. The van der Waals surface area contributed by atoms with Crippen molar-refractivity contribution in [3.05, 3.63) is 96.0 Å². The lowest BCUT2D eigenvalue weighted by molar-refractivity contribution is 0.127. The van der Waals surface area contributed by atoms with E-state index in [1.165, 1.54) is 22.6 Å². The highest BCUT2D eigenvalue weighted by Gasteiger charge is 2.39. The van der Waals surface area contributed by atoms with Gasteiger partial charge in [0.25, 0.3) is 0 Å². The van der Waals surface area contributed by atoms with Gasteiger partial charge in [-0.3, -0.25) is 10.3 Å². The maximum atomic E-state index is 5.60. The molecule has 0 amide bonds. The minimum Gasteiger partial charge on any atom is -0.380 e. The van der Waals surface area contributed by atoms with Gasteiger partial charge in [0.1, 0.15) is 12.0 Å². The van der Waals surface area contributed by atoms with E-state index in [0.29, 0.717) is 12.5 Å². The summed E-state index contributed by atoms with van der Waals surface area (Å²) in [6.07, 6.45) is 1.99. The van der Waals surface area contributed by atoms with Gasteiger partial charge in [-0.05, 0) is 42.3 Å². The Kier molecular flexibility index (Phi) is 7.43. The van der Waals surface area contributed by atoms with Crippen molar-refractivity contribution >= 4 is 5.69 Å². The van der Waals surface area contributed by atoms with Crippen molar-refractivity contribution in [2.75, 3.05) is 32.2 Å². The molecular formula is C28H34N4O. The zero-order valence-corrected chi connectivity index (χ0v) is 20.0. The topological polar surface area (TPSA) is 40.6 Å². The quantitative estimate of drug-likeness (QED) is 0.471. The summed E-state index contributed by atoms with van der Waals surface area (Å²) >= 11 is 0. The number of nitrogens with one attached hydrogen (secondary N) is 1. The van der Waals surface area contributed by atoms with E-state index >= 15 is 0 Å². The van der Waals surface area contributed by atoms with Gasteiger partial charge < -0.3 is 14.5 Å². The number of rotatable bonds is 10. The fourth-order valence-corrected chi connectivity index (χ4v) is 4.29. The first-order valence-corrected chi connectivity index (χ1v) is 11.6. The lowest BCUT2D eigenvalue weighted by atomic mass is 10.00. The Bertz CT molecular complexity index is 1050. The molecule has 1 unspecified atom stereocenters. The second kappa shape index (κ2) is 10.6. The van der Waals surface area contributed by atoms with E-state index in [1.807, 2.05) is 24.4 Å². The molecule has 0 spiro atoms. The summed E-state index contributed by atoms with van der Waals surface area (Å²) in [7, 11) is 3.90. The second-order valence-corrected chi connectivity index (χ2v) is 8.92.